The lowest BCUT2D eigenvalue weighted by Gasteiger charge is -2.34. The van der Waals surface area contributed by atoms with E-state index in [1.807, 2.05) is 12.1 Å². The number of piperidine rings is 1. The molecule has 1 fully saturated rings. The largest absolute Gasteiger partial charge is 0.365 e. The quantitative estimate of drug-likeness (QED) is 0.263. The molecule has 4 rings (SSSR count). The van der Waals surface area contributed by atoms with Crippen molar-refractivity contribution in [3.8, 4) is 0 Å². The van der Waals surface area contributed by atoms with Crippen LogP contribution in [0.4, 0.5) is 0 Å². The van der Waals surface area contributed by atoms with E-state index in [2.05, 4.69) is 98.5 Å². The fourth-order valence-corrected chi connectivity index (χ4v) is 4.99. The summed E-state index contributed by atoms with van der Waals surface area (Å²) in [6.45, 7) is 9.73. The number of nitrogens with zero attached hydrogens (tertiary/aromatic N) is 1. The third kappa shape index (κ3) is 6.93. The van der Waals surface area contributed by atoms with Crippen LogP contribution in [0, 0.1) is 0 Å². The van der Waals surface area contributed by atoms with Crippen LogP contribution in [0.2, 0.25) is 0 Å². The van der Waals surface area contributed by atoms with Gasteiger partial charge < -0.3 is 9.64 Å². The Labute approximate surface area is 217 Å². The number of likely N-dealkylation sites (tertiary alicyclic amines) is 1. The van der Waals surface area contributed by atoms with Gasteiger partial charge >= 0.3 is 0 Å². The summed E-state index contributed by atoms with van der Waals surface area (Å²) in [7, 11) is 0. The topological polar surface area (TPSA) is 29.5 Å². The number of ether oxygens (including phenoxy) is 1. The van der Waals surface area contributed by atoms with Gasteiger partial charge in [0, 0.05) is 25.1 Å². The van der Waals surface area contributed by atoms with E-state index in [1.54, 1.807) is 0 Å². The van der Waals surface area contributed by atoms with Crippen LogP contribution in [-0.4, -0.2) is 36.4 Å². The molecule has 190 valence electrons. The Morgan fingerprint density at radius 3 is 1.97 bits per heavy atom. The molecule has 1 saturated heterocycles. The monoisotopic (exact) mass is 483 g/mol. The highest BCUT2D eigenvalue weighted by molar-refractivity contribution is 5.96. The minimum Gasteiger partial charge on any atom is -0.365 e. The van der Waals surface area contributed by atoms with Gasteiger partial charge in [-0.1, -0.05) is 106 Å². The van der Waals surface area contributed by atoms with Crippen molar-refractivity contribution >= 4 is 5.78 Å². The molecule has 0 saturated carbocycles. The van der Waals surface area contributed by atoms with Gasteiger partial charge in [-0.05, 0) is 54.3 Å². The average Bonchev–Trinajstić information content (AvgIpc) is 2.93. The third-order valence-electron chi connectivity index (χ3n) is 7.82. The van der Waals surface area contributed by atoms with E-state index in [0.717, 1.165) is 50.9 Å². The summed E-state index contributed by atoms with van der Waals surface area (Å²) in [6.07, 6.45) is 4.87. The first-order chi connectivity index (χ1) is 17.5. The average molecular weight is 484 g/mol. The molecule has 1 aliphatic rings. The molecule has 0 amide bonds. The maximum Gasteiger partial charge on any atom is 0.162 e. The molecule has 0 spiro atoms. The Balaban J connectivity index is 1.23. The fourth-order valence-electron chi connectivity index (χ4n) is 4.99. The van der Waals surface area contributed by atoms with Gasteiger partial charge in [-0.3, -0.25) is 4.79 Å². The predicted octanol–water partition coefficient (Wildman–Crippen LogP) is 7.61. The summed E-state index contributed by atoms with van der Waals surface area (Å²) >= 11 is 0. The lowest BCUT2D eigenvalue weighted by molar-refractivity contribution is -0.0270. The molecule has 3 nitrogen and oxygen atoms in total. The van der Waals surface area contributed by atoms with E-state index >= 15 is 0 Å². The molecule has 0 bridgehead atoms. The molecular formula is C33H41NO2. The van der Waals surface area contributed by atoms with Crippen molar-refractivity contribution in [3.63, 3.8) is 0 Å². The Kier molecular flexibility index (Phi) is 9.12. The second kappa shape index (κ2) is 12.5. The maximum atomic E-state index is 12.7. The van der Waals surface area contributed by atoms with E-state index in [-0.39, 0.29) is 23.4 Å². The summed E-state index contributed by atoms with van der Waals surface area (Å²) in [5, 5.41) is 0. The first kappa shape index (κ1) is 26.3. The van der Waals surface area contributed by atoms with Gasteiger partial charge in [-0.15, -0.1) is 0 Å². The zero-order chi connectivity index (χ0) is 25.4. The summed E-state index contributed by atoms with van der Waals surface area (Å²) < 4.78 is 6.67. The molecule has 0 radical (unpaired) electrons. The molecule has 0 aromatic heterocycles. The van der Waals surface area contributed by atoms with Crippen LogP contribution in [0.25, 0.3) is 0 Å². The molecule has 0 N–H and O–H groups in total. The number of Topliss-reactive ketones (excluding diaryl/α,β-unsaturated/α-hetero) is 1. The van der Waals surface area contributed by atoms with Gasteiger partial charge in [0.25, 0.3) is 0 Å². The van der Waals surface area contributed by atoms with Crippen molar-refractivity contribution in [2.24, 2.45) is 0 Å². The summed E-state index contributed by atoms with van der Waals surface area (Å²) in [4.78, 5) is 15.2. The van der Waals surface area contributed by atoms with Gasteiger partial charge in [0.05, 0.1) is 6.10 Å². The lowest BCUT2D eigenvalue weighted by atomic mass is 9.82. The third-order valence-corrected chi connectivity index (χ3v) is 7.82. The molecule has 0 unspecified atom stereocenters. The highest BCUT2D eigenvalue weighted by Crippen LogP contribution is 2.30. The minimum absolute atomic E-state index is 0.0316. The Hall–Kier alpha value is -2.75. The predicted molar refractivity (Wildman–Crippen MR) is 149 cm³/mol. The zero-order valence-electron chi connectivity index (χ0n) is 22.2. The van der Waals surface area contributed by atoms with Crippen LogP contribution in [-0.2, 0) is 10.2 Å². The Morgan fingerprint density at radius 2 is 1.44 bits per heavy atom. The highest BCUT2D eigenvalue weighted by Gasteiger charge is 2.25. The number of rotatable bonds is 11. The molecule has 36 heavy (non-hydrogen) atoms. The molecule has 1 heterocycles. The number of carbonyl (C=O) groups is 1. The van der Waals surface area contributed by atoms with E-state index in [1.165, 1.54) is 16.7 Å². The van der Waals surface area contributed by atoms with Gasteiger partial charge in [-0.25, -0.2) is 0 Å². The first-order valence-electron chi connectivity index (χ1n) is 13.6. The number of hydrogen-bond donors (Lipinski definition) is 0. The van der Waals surface area contributed by atoms with Crippen LogP contribution in [0.5, 0.6) is 0 Å². The van der Waals surface area contributed by atoms with Gasteiger partial charge in [0.15, 0.2) is 5.78 Å². The van der Waals surface area contributed by atoms with E-state index in [0.29, 0.717) is 6.42 Å². The second-order valence-corrected chi connectivity index (χ2v) is 10.7. The number of ketones is 1. The van der Waals surface area contributed by atoms with E-state index < -0.39 is 0 Å². The normalized spacial score (nSPS) is 15.3. The summed E-state index contributed by atoms with van der Waals surface area (Å²) in [5.41, 5.74) is 4.70. The van der Waals surface area contributed by atoms with Crippen molar-refractivity contribution in [2.45, 2.75) is 70.5 Å². The van der Waals surface area contributed by atoms with Crippen LogP contribution < -0.4 is 0 Å². The standard InChI is InChI=1S/C33H41NO2/c1-4-33(2,3)29-19-17-26(18-20-29)31(35)16-11-23-34-24-21-30(22-25-34)36-32(27-12-7-5-8-13-27)28-14-9-6-10-15-28/h5-10,12-15,17-20,30,32H,4,11,16,21-25H2,1-3H3. The summed E-state index contributed by atoms with van der Waals surface area (Å²) in [5.74, 6) is 0.252. The highest BCUT2D eigenvalue weighted by atomic mass is 16.5. The molecule has 1 aliphatic heterocycles. The molecular weight excluding hydrogens is 442 g/mol. The summed E-state index contributed by atoms with van der Waals surface area (Å²) in [6, 6.07) is 29.3. The first-order valence-corrected chi connectivity index (χ1v) is 13.6. The second-order valence-electron chi connectivity index (χ2n) is 10.7. The smallest absolute Gasteiger partial charge is 0.162 e. The van der Waals surface area contributed by atoms with Crippen molar-refractivity contribution in [1.82, 2.24) is 4.90 Å². The molecule has 3 heteroatoms. The van der Waals surface area contributed by atoms with E-state index in [9.17, 15) is 4.79 Å². The zero-order valence-corrected chi connectivity index (χ0v) is 22.2. The van der Waals surface area contributed by atoms with Crippen LogP contribution in [0.3, 0.4) is 0 Å². The van der Waals surface area contributed by atoms with Crippen molar-refractivity contribution in [1.29, 1.82) is 0 Å². The van der Waals surface area contributed by atoms with Crippen molar-refractivity contribution < 1.29 is 9.53 Å². The SMILES string of the molecule is CCC(C)(C)c1ccc(C(=O)CCCN2CCC(OC(c3ccccc3)c3ccccc3)CC2)cc1. The van der Waals surface area contributed by atoms with Gasteiger partial charge in [0.2, 0.25) is 0 Å². The Bertz CT molecular complexity index is 1030. The van der Waals surface area contributed by atoms with Crippen LogP contribution in [0.15, 0.2) is 84.9 Å². The number of benzene rings is 3. The maximum absolute atomic E-state index is 12.7. The van der Waals surface area contributed by atoms with Gasteiger partial charge in [-0.2, -0.15) is 0 Å². The van der Waals surface area contributed by atoms with Crippen molar-refractivity contribution in [2.75, 3.05) is 19.6 Å². The molecule has 0 aliphatic carbocycles. The van der Waals surface area contributed by atoms with Crippen molar-refractivity contribution in [3.05, 3.63) is 107 Å². The molecule has 3 aromatic carbocycles. The number of carbonyl (C=O) groups excluding carboxylic acids is 1. The van der Waals surface area contributed by atoms with Crippen LogP contribution >= 0.6 is 0 Å². The molecule has 0 atom stereocenters. The molecule has 3 aromatic rings. The van der Waals surface area contributed by atoms with E-state index in [4.69, 9.17) is 4.74 Å². The van der Waals surface area contributed by atoms with Crippen LogP contribution in [0.1, 0.15) is 86.0 Å². The minimum atomic E-state index is -0.0316. The van der Waals surface area contributed by atoms with Gasteiger partial charge in [0.1, 0.15) is 6.10 Å². The number of hydrogen-bond acceptors (Lipinski definition) is 3. The lowest BCUT2D eigenvalue weighted by Crippen LogP contribution is -2.38. The fraction of sp³-hybridized carbons (Fsp3) is 0.424. The Morgan fingerprint density at radius 1 is 0.889 bits per heavy atom.